The van der Waals surface area contributed by atoms with Gasteiger partial charge in [-0.25, -0.2) is 13.2 Å². The second-order valence-corrected chi connectivity index (χ2v) is 10.8. The van der Waals surface area contributed by atoms with Crippen LogP contribution in [0.4, 0.5) is 18.9 Å². The van der Waals surface area contributed by atoms with Gasteiger partial charge in [0.1, 0.15) is 17.5 Å². The molecule has 1 amide bonds. The predicted molar refractivity (Wildman–Crippen MR) is 133 cm³/mol. The number of rotatable bonds is 5. The van der Waals surface area contributed by atoms with Crippen molar-refractivity contribution in [2.24, 2.45) is 5.92 Å². The summed E-state index contributed by atoms with van der Waals surface area (Å²) in [6, 6.07) is 10.2. The average molecular weight is 488 g/mol. The third kappa shape index (κ3) is 5.06. The van der Waals surface area contributed by atoms with E-state index >= 15 is 0 Å². The molecule has 7 heteroatoms. The number of nitrogens with zero attached hydrogens (tertiary/aromatic N) is 3. The van der Waals surface area contributed by atoms with Gasteiger partial charge in [-0.1, -0.05) is 13.0 Å². The SMILES string of the molecule is CCC(C)(C)N1CC(C(=O)N2C[C@@H](C)N(c3ccc(F)cc3)[C@@H](C)C2)[C@H](c2ccc(F)cc2F)C1. The number of carbonyl (C=O) groups is 1. The van der Waals surface area contributed by atoms with Crippen molar-refractivity contribution < 1.29 is 18.0 Å². The first-order valence-electron chi connectivity index (χ1n) is 12.5. The van der Waals surface area contributed by atoms with E-state index in [-0.39, 0.29) is 35.3 Å². The molecule has 0 bridgehead atoms. The van der Waals surface area contributed by atoms with Crippen LogP contribution in [0.1, 0.15) is 52.5 Å². The van der Waals surface area contributed by atoms with Crippen molar-refractivity contribution in [3.63, 3.8) is 0 Å². The van der Waals surface area contributed by atoms with Crippen LogP contribution in [0.15, 0.2) is 42.5 Å². The van der Waals surface area contributed by atoms with Gasteiger partial charge >= 0.3 is 0 Å². The van der Waals surface area contributed by atoms with Gasteiger partial charge in [0.15, 0.2) is 0 Å². The fourth-order valence-corrected chi connectivity index (χ4v) is 5.75. The minimum absolute atomic E-state index is 0.0191. The molecule has 0 radical (unpaired) electrons. The van der Waals surface area contributed by atoms with Crippen molar-refractivity contribution in [3.05, 3.63) is 65.5 Å². The number of amides is 1. The lowest BCUT2D eigenvalue weighted by Crippen LogP contribution is -2.59. The van der Waals surface area contributed by atoms with Crippen LogP contribution in [0, 0.1) is 23.4 Å². The standard InChI is InChI=1S/C28H36F3N3O/c1-6-28(4,5)33-16-24(23-12-9-21(30)13-26(23)31)25(17-33)27(35)32-14-18(2)34(19(3)15-32)22-10-7-20(29)8-11-22/h7-13,18-19,24-25H,6,14-17H2,1-5H3/t18-,19+,24-,25?/m0/s1. The smallest absolute Gasteiger partial charge is 0.227 e. The van der Waals surface area contributed by atoms with Gasteiger partial charge in [-0.2, -0.15) is 0 Å². The lowest BCUT2D eigenvalue weighted by Gasteiger charge is -2.46. The average Bonchev–Trinajstić information content (AvgIpc) is 3.25. The monoisotopic (exact) mass is 487 g/mol. The Morgan fingerprint density at radius 1 is 0.914 bits per heavy atom. The molecule has 4 atom stereocenters. The number of halogens is 3. The van der Waals surface area contributed by atoms with Crippen LogP contribution in [0.5, 0.6) is 0 Å². The molecule has 35 heavy (non-hydrogen) atoms. The topological polar surface area (TPSA) is 26.8 Å². The molecule has 2 aromatic carbocycles. The second-order valence-electron chi connectivity index (χ2n) is 10.8. The van der Waals surface area contributed by atoms with Gasteiger partial charge in [0, 0.05) is 61.5 Å². The molecular formula is C28H36F3N3O. The molecule has 2 saturated heterocycles. The highest BCUT2D eigenvalue weighted by molar-refractivity contribution is 5.81. The van der Waals surface area contributed by atoms with Crippen LogP contribution >= 0.6 is 0 Å². The van der Waals surface area contributed by atoms with E-state index in [2.05, 4.69) is 44.4 Å². The third-order valence-corrected chi connectivity index (χ3v) is 8.08. The van der Waals surface area contributed by atoms with Gasteiger partial charge in [0.25, 0.3) is 0 Å². The normalized spacial score (nSPS) is 25.8. The summed E-state index contributed by atoms with van der Waals surface area (Å²) in [6.07, 6.45) is 0.900. The zero-order valence-electron chi connectivity index (χ0n) is 21.3. The van der Waals surface area contributed by atoms with Gasteiger partial charge in [-0.15, -0.1) is 0 Å². The maximum absolute atomic E-state index is 14.9. The number of piperazine rings is 1. The van der Waals surface area contributed by atoms with Crippen LogP contribution in [0.3, 0.4) is 0 Å². The quantitative estimate of drug-likeness (QED) is 0.563. The van der Waals surface area contributed by atoms with Crippen LogP contribution in [0.2, 0.25) is 0 Å². The molecule has 0 saturated carbocycles. The van der Waals surface area contributed by atoms with Crippen molar-refractivity contribution in [3.8, 4) is 0 Å². The summed E-state index contributed by atoms with van der Waals surface area (Å²) >= 11 is 0. The predicted octanol–water partition coefficient (Wildman–Crippen LogP) is 5.43. The molecule has 190 valence electrons. The number of hydrogen-bond donors (Lipinski definition) is 0. The lowest BCUT2D eigenvalue weighted by atomic mass is 9.87. The molecule has 2 aromatic rings. The van der Waals surface area contributed by atoms with Gasteiger partial charge in [0.05, 0.1) is 5.92 Å². The highest BCUT2D eigenvalue weighted by atomic mass is 19.1. The fourth-order valence-electron chi connectivity index (χ4n) is 5.75. The van der Waals surface area contributed by atoms with Crippen molar-refractivity contribution in [2.45, 2.75) is 64.6 Å². The Balaban J connectivity index is 1.58. The number of anilines is 1. The summed E-state index contributed by atoms with van der Waals surface area (Å²) in [7, 11) is 0. The maximum Gasteiger partial charge on any atom is 0.227 e. The van der Waals surface area contributed by atoms with E-state index < -0.39 is 17.6 Å². The van der Waals surface area contributed by atoms with Crippen molar-refractivity contribution in [2.75, 3.05) is 31.1 Å². The minimum atomic E-state index is -0.613. The first kappa shape index (κ1) is 25.5. The Morgan fingerprint density at radius 3 is 2.09 bits per heavy atom. The molecule has 4 rings (SSSR count). The Morgan fingerprint density at radius 2 is 1.51 bits per heavy atom. The van der Waals surface area contributed by atoms with E-state index in [9.17, 15) is 18.0 Å². The van der Waals surface area contributed by atoms with E-state index in [1.54, 1.807) is 12.1 Å². The van der Waals surface area contributed by atoms with Crippen LogP contribution in [-0.4, -0.2) is 59.5 Å². The Labute approximate surface area is 206 Å². The minimum Gasteiger partial charge on any atom is -0.363 e. The van der Waals surface area contributed by atoms with Crippen LogP contribution in [0.25, 0.3) is 0 Å². The Kier molecular flexibility index (Phi) is 7.18. The maximum atomic E-state index is 14.9. The third-order valence-electron chi connectivity index (χ3n) is 8.08. The molecular weight excluding hydrogens is 451 g/mol. The van der Waals surface area contributed by atoms with E-state index in [0.717, 1.165) is 18.2 Å². The highest BCUT2D eigenvalue weighted by Gasteiger charge is 2.46. The van der Waals surface area contributed by atoms with Crippen LogP contribution in [-0.2, 0) is 4.79 Å². The zero-order valence-corrected chi connectivity index (χ0v) is 21.3. The first-order valence-corrected chi connectivity index (χ1v) is 12.5. The Hall–Kier alpha value is -2.54. The fraction of sp³-hybridized carbons (Fsp3) is 0.536. The van der Waals surface area contributed by atoms with E-state index in [0.29, 0.717) is 31.7 Å². The van der Waals surface area contributed by atoms with Crippen molar-refractivity contribution in [1.82, 2.24) is 9.80 Å². The molecule has 0 aromatic heterocycles. The van der Waals surface area contributed by atoms with E-state index in [4.69, 9.17) is 0 Å². The molecule has 0 aliphatic carbocycles. The zero-order chi connectivity index (χ0) is 25.5. The summed E-state index contributed by atoms with van der Waals surface area (Å²) in [4.78, 5) is 20.3. The summed E-state index contributed by atoms with van der Waals surface area (Å²) in [5.41, 5.74) is 1.21. The number of likely N-dealkylation sites (tertiary alicyclic amines) is 1. The summed E-state index contributed by atoms with van der Waals surface area (Å²) < 4.78 is 41.9. The van der Waals surface area contributed by atoms with Crippen molar-refractivity contribution in [1.29, 1.82) is 0 Å². The van der Waals surface area contributed by atoms with Gasteiger partial charge in [-0.05, 0) is 70.0 Å². The second kappa shape index (κ2) is 9.84. The molecule has 0 spiro atoms. The highest BCUT2D eigenvalue weighted by Crippen LogP contribution is 2.40. The lowest BCUT2D eigenvalue weighted by molar-refractivity contribution is -0.137. The van der Waals surface area contributed by atoms with Gasteiger partial charge < -0.3 is 9.80 Å². The molecule has 2 aliphatic rings. The molecule has 0 N–H and O–H groups in total. The van der Waals surface area contributed by atoms with Gasteiger partial charge in [-0.3, -0.25) is 9.69 Å². The molecule has 4 nitrogen and oxygen atoms in total. The summed E-state index contributed by atoms with van der Waals surface area (Å²) in [5.74, 6) is -2.20. The largest absolute Gasteiger partial charge is 0.363 e. The van der Waals surface area contributed by atoms with Gasteiger partial charge in [0.2, 0.25) is 5.91 Å². The van der Waals surface area contributed by atoms with E-state index in [1.165, 1.54) is 24.3 Å². The number of benzene rings is 2. The summed E-state index contributed by atoms with van der Waals surface area (Å²) in [6.45, 7) is 12.7. The molecule has 1 unspecified atom stereocenters. The molecule has 2 fully saturated rings. The van der Waals surface area contributed by atoms with E-state index in [1.807, 2.05) is 4.90 Å². The van der Waals surface area contributed by atoms with Crippen LogP contribution < -0.4 is 4.90 Å². The summed E-state index contributed by atoms with van der Waals surface area (Å²) in [5, 5.41) is 0. The molecule has 2 aliphatic heterocycles. The number of hydrogen-bond acceptors (Lipinski definition) is 3. The first-order chi connectivity index (χ1) is 16.5. The molecule has 2 heterocycles. The Bertz CT molecular complexity index is 1050. The van der Waals surface area contributed by atoms with Crippen molar-refractivity contribution >= 4 is 11.6 Å². The number of carbonyl (C=O) groups excluding carboxylic acids is 1.